The summed E-state index contributed by atoms with van der Waals surface area (Å²) in [5.41, 5.74) is 0. The predicted octanol–water partition coefficient (Wildman–Crippen LogP) is 0.613. The second-order valence-corrected chi connectivity index (χ2v) is 1.73. The van der Waals surface area contributed by atoms with Crippen molar-refractivity contribution in [3.63, 3.8) is 0 Å². The SMILES string of the molecule is O=C(Nc1ncc[nH]1)C(F)F. The van der Waals surface area contributed by atoms with Gasteiger partial charge in [0.05, 0.1) is 0 Å². The third-order valence-corrected chi connectivity index (χ3v) is 0.938. The van der Waals surface area contributed by atoms with Gasteiger partial charge in [-0.05, 0) is 0 Å². The van der Waals surface area contributed by atoms with Gasteiger partial charge in [0.1, 0.15) is 0 Å². The summed E-state index contributed by atoms with van der Waals surface area (Å²) in [6.45, 7) is 0. The first-order valence-corrected chi connectivity index (χ1v) is 2.78. The van der Waals surface area contributed by atoms with E-state index in [9.17, 15) is 13.6 Å². The summed E-state index contributed by atoms with van der Waals surface area (Å²) >= 11 is 0. The first-order chi connectivity index (χ1) is 5.20. The summed E-state index contributed by atoms with van der Waals surface area (Å²) in [4.78, 5) is 16.3. The van der Waals surface area contributed by atoms with Gasteiger partial charge < -0.3 is 4.98 Å². The highest BCUT2D eigenvalue weighted by Gasteiger charge is 2.15. The van der Waals surface area contributed by atoms with Gasteiger partial charge in [0.2, 0.25) is 5.95 Å². The fraction of sp³-hybridized carbons (Fsp3) is 0.200. The molecule has 1 aromatic heterocycles. The number of imidazole rings is 1. The summed E-state index contributed by atoms with van der Waals surface area (Å²) in [5, 5.41) is 1.87. The zero-order valence-corrected chi connectivity index (χ0v) is 5.34. The average molecular weight is 161 g/mol. The van der Waals surface area contributed by atoms with E-state index in [1.807, 2.05) is 5.32 Å². The molecule has 1 heterocycles. The maximum absolute atomic E-state index is 11.6. The van der Waals surface area contributed by atoms with E-state index in [-0.39, 0.29) is 5.95 Å². The number of rotatable bonds is 2. The van der Waals surface area contributed by atoms with Crippen LogP contribution >= 0.6 is 0 Å². The van der Waals surface area contributed by atoms with Crippen molar-refractivity contribution >= 4 is 11.9 Å². The van der Waals surface area contributed by atoms with Gasteiger partial charge >= 0.3 is 6.43 Å². The Morgan fingerprint density at radius 2 is 2.45 bits per heavy atom. The van der Waals surface area contributed by atoms with Gasteiger partial charge in [0.15, 0.2) is 0 Å². The number of hydrogen-bond donors (Lipinski definition) is 2. The lowest BCUT2D eigenvalue weighted by Gasteiger charge is -1.97. The quantitative estimate of drug-likeness (QED) is 0.667. The van der Waals surface area contributed by atoms with E-state index in [0.29, 0.717) is 0 Å². The van der Waals surface area contributed by atoms with Gasteiger partial charge in [0.25, 0.3) is 5.91 Å². The van der Waals surface area contributed by atoms with E-state index in [4.69, 9.17) is 0 Å². The average Bonchev–Trinajstić information content (AvgIpc) is 2.39. The van der Waals surface area contributed by atoms with Crippen LogP contribution in [0.3, 0.4) is 0 Å². The second-order valence-electron chi connectivity index (χ2n) is 1.73. The maximum Gasteiger partial charge on any atom is 0.315 e. The third-order valence-electron chi connectivity index (χ3n) is 0.938. The van der Waals surface area contributed by atoms with Crippen LogP contribution in [-0.2, 0) is 4.79 Å². The van der Waals surface area contributed by atoms with Crippen molar-refractivity contribution in [3.8, 4) is 0 Å². The Bertz CT molecular complexity index is 234. The molecule has 2 N–H and O–H groups in total. The van der Waals surface area contributed by atoms with Crippen molar-refractivity contribution in [2.24, 2.45) is 0 Å². The molecule has 11 heavy (non-hydrogen) atoms. The molecule has 0 unspecified atom stereocenters. The molecule has 0 aliphatic carbocycles. The van der Waals surface area contributed by atoms with Crippen molar-refractivity contribution in [2.75, 3.05) is 5.32 Å². The van der Waals surface area contributed by atoms with Crippen molar-refractivity contribution in [3.05, 3.63) is 12.4 Å². The Hall–Kier alpha value is -1.46. The Morgan fingerprint density at radius 1 is 1.73 bits per heavy atom. The molecule has 0 spiro atoms. The van der Waals surface area contributed by atoms with E-state index in [0.717, 1.165) is 0 Å². The number of amides is 1. The number of halogens is 2. The Morgan fingerprint density at radius 3 is 2.91 bits per heavy atom. The van der Waals surface area contributed by atoms with Crippen molar-refractivity contribution < 1.29 is 13.6 Å². The Kier molecular flexibility index (Phi) is 2.15. The van der Waals surface area contributed by atoms with E-state index in [1.54, 1.807) is 0 Å². The minimum Gasteiger partial charge on any atom is -0.331 e. The van der Waals surface area contributed by atoms with Gasteiger partial charge in [-0.3, -0.25) is 10.1 Å². The lowest BCUT2D eigenvalue weighted by Crippen LogP contribution is -2.20. The first kappa shape index (κ1) is 7.64. The van der Waals surface area contributed by atoms with Crippen LogP contribution in [0.5, 0.6) is 0 Å². The monoisotopic (exact) mass is 161 g/mol. The molecule has 0 atom stereocenters. The second kappa shape index (κ2) is 3.09. The minimum absolute atomic E-state index is 0.0234. The molecule has 60 valence electrons. The molecule has 0 saturated heterocycles. The fourth-order valence-corrected chi connectivity index (χ4v) is 0.505. The number of nitrogens with zero attached hydrogens (tertiary/aromatic N) is 1. The van der Waals surface area contributed by atoms with Crippen LogP contribution in [0.25, 0.3) is 0 Å². The number of hydrogen-bond acceptors (Lipinski definition) is 2. The van der Waals surface area contributed by atoms with Gasteiger partial charge in [-0.25, -0.2) is 4.98 Å². The number of carbonyl (C=O) groups excluding carboxylic acids is 1. The van der Waals surface area contributed by atoms with Crippen LogP contribution in [0.4, 0.5) is 14.7 Å². The van der Waals surface area contributed by atoms with E-state index in [2.05, 4.69) is 9.97 Å². The lowest BCUT2D eigenvalue weighted by molar-refractivity contribution is -0.126. The van der Waals surface area contributed by atoms with Crippen LogP contribution in [-0.4, -0.2) is 22.3 Å². The Labute approximate surface area is 60.6 Å². The van der Waals surface area contributed by atoms with Crippen LogP contribution in [0, 0.1) is 0 Å². The smallest absolute Gasteiger partial charge is 0.315 e. The van der Waals surface area contributed by atoms with Crippen LogP contribution in [0.15, 0.2) is 12.4 Å². The molecule has 1 amide bonds. The number of aromatic nitrogens is 2. The summed E-state index contributed by atoms with van der Waals surface area (Å²) in [6.07, 6.45) is -0.248. The number of carbonyl (C=O) groups is 1. The molecular weight excluding hydrogens is 156 g/mol. The topological polar surface area (TPSA) is 57.8 Å². The van der Waals surface area contributed by atoms with Crippen LogP contribution in [0.2, 0.25) is 0 Å². The fourth-order valence-electron chi connectivity index (χ4n) is 0.505. The van der Waals surface area contributed by atoms with Crippen LogP contribution in [0.1, 0.15) is 0 Å². The molecule has 0 aliphatic rings. The zero-order chi connectivity index (χ0) is 8.27. The lowest BCUT2D eigenvalue weighted by atomic mass is 10.6. The molecule has 0 radical (unpaired) electrons. The van der Waals surface area contributed by atoms with E-state index < -0.39 is 12.3 Å². The Balaban J connectivity index is 2.50. The molecule has 1 aromatic rings. The van der Waals surface area contributed by atoms with E-state index in [1.165, 1.54) is 12.4 Å². The minimum atomic E-state index is -3.01. The first-order valence-electron chi connectivity index (χ1n) is 2.78. The molecule has 0 aliphatic heterocycles. The van der Waals surface area contributed by atoms with Gasteiger partial charge in [-0.1, -0.05) is 0 Å². The molecule has 0 aromatic carbocycles. The normalized spacial score (nSPS) is 10.1. The number of aromatic amines is 1. The summed E-state index contributed by atoms with van der Waals surface area (Å²) in [6, 6.07) is 0. The van der Waals surface area contributed by atoms with Gasteiger partial charge in [-0.2, -0.15) is 8.78 Å². The molecule has 0 fully saturated rings. The van der Waals surface area contributed by atoms with Gasteiger partial charge in [0, 0.05) is 12.4 Å². The number of H-pyrrole nitrogens is 1. The number of nitrogens with one attached hydrogen (secondary N) is 2. The largest absolute Gasteiger partial charge is 0.331 e. The molecule has 0 saturated carbocycles. The molecule has 0 bridgehead atoms. The highest BCUT2D eigenvalue weighted by atomic mass is 19.3. The number of anilines is 1. The van der Waals surface area contributed by atoms with Crippen molar-refractivity contribution in [1.82, 2.24) is 9.97 Å². The summed E-state index contributed by atoms with van der Waals surface area (Å²) < 4.78 is 23.1. The highest BCUT2D eigenvalue weighted by molar-refractivity contribution is 5.91. The van der Waals surface area contributed by atoms with Crippen molar-refractivity contribution in [1.29, 1.82) is 0 Å². The predicted molar refractivity (Wildman–Crippen MR) is 33.2 cm³/mol. The standard InChI is InChI=1S/C5H5F2N3O/c6-3(7)4(11)10-5-8-1-2-9-5/h1-3H,(H2,8,9,10,11). The van der Waals surface area contributed by atoms with Crippen molar-refractivity contribution in [2.45, 2.75) is 6.43 Å². The molecule has 1 rings (SSSR count). The maximum atomic E-state index is 11.6. The molecule has 4 nitrogen and oxygen atoms in total. The zero-order valence-electron chi connectivity index (χ0n) is 5.34. The summed E-state index contributed by atoms with van der Waals surface area (Å²) in [7, 11) is 0. The molecule has 6 heteroatoms. The summed E-state index contributed by atoms with van der Waals surface area (Å²) in [5.74, 6) is -1.34. The van der Waals surface area contributed by atoms with E-state index >= 15 is 0 Å². The molecular formula is C5H5F2N3O. The number of alkyl halides is 2. The third kappa shape index (κ3) is 1.99. The highest BCUT2D eigenvalue weighted by Crippen LogP contribution is 1.99. The van der Waals surface area contributed by atoms with Crippen LogP contribution < -0.4 is 5.32 Å². The van der Waals surface area contributed by atoms with Gasteiger partial charge in [-0.15, -0.1) is 0 Å².